The zero-order chi connectivity index (χ0) is 16.6. The van der Waals surface area contributed by atoms with Crippen molar-refractivity contribution in [1.82, 2.24) is 0 Å². The molecule has 6 atom stereocenters. The van der Waals surface area contributed by atoms with Crippen molar-refractivity contribution < 1.29 is 14.7 Å². The Kier molecular flexibility index (Phi) is 3.09. The number of aliphatic hydroxyl groups is 1. The Labute approximate surface area is 138 Å². The molecule has 0 amide bonds. The van der Waals surface area contributed by atoms with Crippen molar-refractivity contribution in [2.24, 2.45) is 28.6 Å². The molecule has 4 aliphatic rings. The van der Waals surface area contributed by atoms with Gasteiger partial charge in [-0.1, -0.05) is 13.8 Å². The van der Waals surface area contributed by atoms with Gasteiger partial charge >= 0.3 is 0 Å². The molecular weight excluding hydrogens is 288 g/mol. The van der Waals surface area contributed by atoms with Gasteiger partial charge in [0.2, 0.25) is 0 Å². The van der Waals surface area contributed by atoms with Crippen LogP contribution in [0.2, 0.25) is 0 Å². The summed E-state index contributed by atoms with van der Waals surface area (Å²) in [6.45, 7) is 6.45. The van der Waals surface area contributed by atoms with Gasteiger partial charge in [0.15, 0.2) is 11.6 Å². The van der Waals surface area contributed by atoms with Crippen LogP contribution in [-0.4, -0.2) is 22.3 Å². The Balaban J connectivity index is 1.75. The third kappa shape index (κ3) is 1.86. The van der Waals surface area contributed by atoms with Crippen molar-refractivity contribution in [3.63, 3.8) is 0 Å². The maximum atomic E-state index is 12.8. The van der Waals surface area contributed by atoms with Crippen molar-refractivity contribution in [3.8, 4) is 0 Å². The van der Waals surface area contributed by atoms with E-state index >= 15 is 0 Å². The molecule has 0 saturated heterocycles. The smallest absolute Gasteiger partial charge is 0.159 e. The number of ketones is 2. The van der Waals surface area contributed by atoms with E-state index in [1.165, 1.54) is 0 Å². The average molecular weight is 316 g/mol. The van der Waals surface area contributed by atoms with E-state index in [1.807, 2.05) is 6.92 Å². The number of hydrogen-bond acceptors (Lipinski definition) is 3. The summed E-state index contributed by atoms with van der Waals surface area (Å²) < 4.78 is 0. The van der Waals surface area contributed by atoms with Crippen LogP contribution in [-0.2, 0) is 9.59 Å². The van der Waals surface area contributed by atoms with Crippen LogP contribution in [0.3, 0.4) is 0 Å². The molecule has 0 heterocycles. The monoisotopic (exact) mass is 316 g/mol. The lowest BCUT2D eigenvalue weighted by atomic mass is 9.46. The average Bonchev–Trinajstić information content (AvgIpc) is 2.72. The number of carbonyl (C=O) groups is 2. The number of fused-ring (bicyclic) bond motifs is 5. The molecule has 0 aromatic carbocycles. The Bertz CT molecular complexity index is 616. The Morgan fingerprint density at radius 1 is 1.04 bits per heavy atom. The van der Waals surface area contributed by atoms with Gasteiger partial charge in [-0.15, -0.1) is 0 Å². The minimum Gasteiger partial charge on any atom is -0.390 e. The van der Waals surface area contributed by atoms with Gasteiger partial charge in [0.05, 0.1) is 5.60 Å². The number of Topliss-reactive ketones (excluding diaryl/α,β-unsaturated/α-hetero) is 1. The fraction of sp³-hybridized carbons (Fsp3) is 0.800. The summed E-state index contributed by atoms with van der Waals surface area (Å²) in [6.07, 6.45) is 7.63. The first kappa shape index (κ1) is 15.6. The highest BCUT2D eigenvalue weighted by atomic mass is 16.3. The largest absolute Gasteiger partial charge is 0.390 e. The normalized spacial score (nSPS) is 52.5. The molecule has 3 fully saturated rings. The molecule has 3 saturated carbocycles. The third-order valence-corrected chi connectivity index (χ3v) is 8.35. The highest BCUT2D eigenvalue weighted by Gasteiger charge is 2.63. The molecule has 0 spiro atoms. The van der Waals surface area contributed by atoms with Gasteiger partial charge in [0.1, 0.15) is 0 Å². The number of hydrogen-bond donors (Lipinski definition) is 1. The van der Waals surface area contributed by atoms with E-state index in [0.29, 0.717) is 30.6 Å². The first-order chi connectivity index (χ1) is 10.7. The minimum atomic E-state index is -0.606. The quantitative estimate of drug-likeness (QED) is 0.745. The van der Waals surface area contributed by atoms with Gasteiger partial charge < -0.3 is 5.11 Å². The van der Waals surface area contributed by atoms with Gasteiger partial charge in [-0.3, -0.25) is 9.59 Å². The second-order valence-corrected chi connectivity index (χ2v) is 9.21. The fourth-order valence-corrected chi connectivity index (χ4v) is 6.63. The van der Waals surface area contributed by atoms with Crippen molar-refractivity contribution in [2.75, 3.05) is 0 Å². The molecule has 3 heteroatoms. The maximum absolute atomic E-state index is 12.8. The lowest BCUT2D eigenvalue weighted by Gasteiger charge is -2.58. The van der Waals surface area contributed by atoms with Crippen LogP contribution >= 0.6 is 0 Å². The Morgan fingerprint density at radius 2 is 1.74 bits per heavy atom. The molecule has 0 radical (unpaired) electrons. The molecule has 23 heavy (non-hydrogen) atoms. The summed E-state index contributed by atoms with van der Waals surface area (Å²) in [5, 5.41) is 10.9. The van der Waals surface area contributed by atoms with Gasteiger partial charge in [0, 0.05) is 18.4 Å². The number of rotatable bonds is 0. The molecule has 3 nitrogen and oxygen atoms in total. The van der Waals surface area contributed by atoms with Crippen molar-refractivity contribution in [3.05, 3.63) is 11.6 Å². The van der Waals surface area contributed by atoms with Gasteiger partial charge in [0.25, 0.3) is 0 Å². The molecule has 0 unspecified atom stereocenters. The van der Waals surface area contributed by atoms with Crippen LogP contribution in [0, 0.1) is 28.6 Å². The first-order valence-electron chi connectivity index (χ1n) is 9.20. The van der Waals surface area contributed by atoms with E-state index in [9.17, 15) is 14.7 Å². The minimum absolute atomic E-state index is 0.0590. The van der Waals surface area contributed by atoms with Crippen LogP contribution in [0.4, 0.5) is 0 Å². The Morgan fingerprint density at radius 3 is 2.48 bits per heavy atom. The van der Waals surface area contributed by atoms with Crippen molar-refractivity contribution >= 4 is 11.6 Å². The van der Waals surface area contributed by atoms with Crippen LogP contribution < -0.4 is 0 Å². The molecule has 4 aliphatic carbocycles. The molecule has 126 valence electrons. The second-order valence-electron chi connectivity index (χ2n) is 9.21. The maximum Gasteiger partial charge on any atom is 0.159 e. The van der Waals surface area contributed by atoms with E-state index in [-0.39, 0.29) is 22.4 Å². The van der Waals surface area contributed by atoms with Crippen LogP contribution in [0.1, 0.15) is 65.7 Å². The van der Waals surface area contributed by atoms with E-state index in [0.717, 1.165) is 37.7 Å². The molecular formula is C20H28O3. The lowest BCUT2D eigenvalue weighted by molar-refractivity contribution is -0.140. The predicted molar refractivity (Wildman–Crippen MR) is 87.7 cm³/mol. The molecule has 1 N–H and O–H groups in total. The van der Waals surface area contributed by atoms with Gasteiger partial charge in [-0.25, -0.2) is 0 Å². The SMILES string of the molecule is C[C@]12CCC(=O)C=C1C(=O)C[C@H]1[C@H]3CC[C@](C)(O)[C@@]3(C)CC[C@@H]12. The van der Waals surface area contributed by atoms with E-state index < -0.39 is 5.60 Å². The van der Waals surface area contributed by atoms with E-state index in [2.05, 4.69) is 13.8 Å². The highest BCUT2D eigenvalue weighted by Crippen LogP contribution is 2.66. The molecule has 0 bridgehead atoms. The van der Waals surface area contributed by atoms with Crippen LogP contribution in [0.25, 0.3) is 0 Å². The number of allylic oxidation sites excluding steroid dienone is 1. The number of carbonyl (C=O) groups excluding carboxylic acids is 2. The summed E-state index contributed by atoms with van der Waals surface area (Å²) in [7, 11) is 0. The zero-order valence-corrected chi connectivity index (χ0v) is 14.5. The van der Waals surface area contributed by atoms with E-state index in [4.69, 9.17) is 0 Å². The van der Waals surface area contributed by atoms with Gasteiger partial charge in [-0.05, 0) is 73.7 Å². The predicted octanol–water partition coefficient (Wildman–Crippen LogP) is 3.45. The standard InChI is InChI=1S/C20H28O3/c1-18-7-4-12(21)10-16(18)17(22)11-13-14(18)5-8-19(2)15(13)6-9-20(19,3)23/h10,13-15,23H,4-9,11H2,1-3H3/t13-,14+,15-,18-,19+,20+/m1/s1. The summed E-state index contributed by atoms with van der Waals surface area (Å²) in [6, 6.07) is 0. The lowest BCUT2D eigenvalue weighted by Crippen LogP contribution is -2.55. The highest BCUT2D eigenvalue weighted by molar-refractivity contribution is 6.05. The fourth-order valence-electron chi connectivity index (χ4n) is 6.63. The second kappa shape index (κ2) is 4.56. The van der Waals surface area contributed by atoms with Crippen molar-refractivity contribution in [1.29, 1.82) is 0 Å². The summed E-state index contributed by atoms with van der Waals surface area (Å²) in [5.74, 6) is 1.62. The van der Waals surface area contributed by atoms with E-state index in [1.54, 1.807) is 6.08 Å². The molecule has 4 rings (SSSR count). The van der Waals surface area contributed by atoms with Crippen LogP contribution in [0.15, 0.2) is 11.6 Å². The topological polar surface area (TPSA) is 54.4 Å². The third-order valence-electron chi connectivity index (χ3n) is 8.35. The molecule has 0 aliphatic heterocycles. The summed E-state index contributed by atoms with van der Waals surface area (Å²) >= 11 is 0. The van der Waals surface area contributed by atoms with Crippen LogP contribution in [0.5, 0.6) is 0 Å². The zero-order valence-electron chi connectivity index (χ0n) is 14.5. The Hall–Kier alpha value is -0.960. The summed E-state index contributed by atoms with van der Waals surface area (Å²) in [4.78, 5) is 24.6. The molecule has 0 aromatic rings. The summed E-state index contributed by atoms with van der Waals surface area (Å²) in [5.41, 5.74) is 0.0224. The first-order valence-corrected chi connectivity index (χ1v) is 9.20. The van der Waals surface area contributed by atoms with Crippen molar-refractivity contribution in [2.45, 2.75) is 71.3 Å². The van der Waals surface area contributed by atoms with Gasteiger partial charge in [-0.2, -0.15) is 0 Å². The molecule has 0 aromatic heterocycles.